The van der Waals surface area contributed by atoms with Gasteiger partial charge in [0.1, 0.15) is 0 Å². The van der Waals surface area contributed by atoms with Crippen molar-refractivity contribution in [2.75, 3.05) is 20.6 Å². The summed E-state index contributed by atoms with van der Waals surface area (Å²) in [6.07, 6.45) is 2.14. The third-order valence-electron chi connectivity index (χ3n) is 4.16. The molecule has 0 saturated heterocycles. The minimum Gasteiger partial charge on any atom is -0.350 e. The summed E-state index contributed by atoms with van der Waals surface area (Å²) >= 11 is 7.20. The molecule has 0 bridgehead atoms. The van der Waals surface area contributed by atoms with Crippen molar-refractivity contribution in [3.8, 4) is 0 Å². The summed E-state index contributed by atoms with van der Waals surface area (Å²) in [5.74, 6) is -0.0843. The highest BCUT2D eigenvalue weighted by Gasteiger charge is 2.20. The lowest BCUT2D eigenvalue weighted by Crippen LogP contribution is -2.34. The number of likely N-dealkylation sites (N-methyl/N-ethyl adjacent to an activating group) is 1. The molecule has 126 valence electrons. The smallest absolute Gasteiger partial charge is 0.261 e. The van der Waals surface area contributed by atoms with Crippen LogP contribution in [0.2, 0.25) is 4.34 Å². The first-order chi connectivity index (χ1) is 11.5. The van der Waals surface area contributed by atoms with Gasteiger partial charge < -0.3 is 14.8 Å². The van der Waals surface area contributed by atoms with Crippen LogP contribution in [-0.4, -0.2) is 36.0 Å². The number of fused-ring (bicyclic) bond motifs is 1. The van der Waals surface area contributed by atoms with Gasteiger partial charge in [-0.25, -0.2) is 0 Å². The van der Waals surface area contributed by atoms with Crippen molar-refractivity contribution >= 4 is 39.7 Å². The molecule has 1 atom stereocenters. The molecule has 24 heavy (non-hydrogen) atoms. The molecule has 3 rings (SSSR count). The summed E-state index contributed by atoms with van der Waals surface area (Å²) in [6, 6.07) is 11.9. The van der Waals surface area contributed by atoms with Gasteiger partial charge in [-0.1, -0.05) is 29.8 Å². The number of nitrogens with one attached hydrogen (secondary N) is 1. The number of hydrogen-bond acceptors (Lipinski definition) is 3. The zero-order chi connectivity index (χ0) is 17.3. The SMILES string of the molecule is CN(C)[C@@H](CNC(=O)c1ccc(Cl)s1)c1cn(C)c2ccccc12. The fraction of sp³-hybridized carbons (Fsp3) is 0.278. The standard InChI is InChI=1S/C18H20ClN3OS/c1-21(2)15(10-20-18(23)16-8-9-17(19)24-16)13-11-22(3)14-7-5-4-6-12(13)14/h4-9,11,15H,10H2,1-3H3,(H,20,23)/t15-/m0/s1. The molecule has 0 aliphatic rings. The number of para-hydroxylation sites is 1. The average Bonchev–Trinajstić information content (AvgIpc) is 3.12. The molecule has 2 heterocycles. The van der Waals surface area contributed by atoms with E-state index in [0.717, 1.165) is 0 Å². The third-order valence-corrected chi connectivity index (χ3v) is 5.39. The van der Waals surface area contributed by atoms with Crippen molar-refractivity contribution in [3.63, 3.8) is 0 Å². The van der Waals surface area contributed by atoms with Crippen LogP contribution in [0.4, 0.5) is 0 Å². The van der Waals surface area contributed by atoms with Gasteiger partial charge in [0.2, 0.25) is 0 Å². The number of nitrogens with zero attached hydrogens (tertiary/aromatic N) is 2. The number of benzene rings is 1. The van der Waals surface area contributed by atoms with Gasteiger partial charge in [0.05, 0.1) is 15.3 Å². The van der Waals surface area contributed by atoms with Crippen LogP contribution >= 0.6 is 22.9 Å². The number of aromatic nitrogens is 1. The highest BCUT2D eigenvalue weighted by atomic mass is 35.5. The predicted molar refractivity (Wildman–Crippen MR) is 101 cm³/mol. The number of carbonyl (C=O) groups is 1. The summed E-state index contributed by atoms with van der Waals surface area (Å²) < 4.78 is 2.75. The minimum atomic E-state index is -0.0843. The molecule has 0 spiro atoms. The summed E-state index contributed by atoms with van der Waals surface area (Å²) in [4.78, 5) is 15.1. The van der Waals surface area contributed by atoms with E-state index in [9.17, 15) is 4.79 Å². The minimum absolute atomic E-state index is 0.0843. The van der Waals surface area contributed by atoms with Gasteiger partial charge in [0, 0.05) is 30.7 Å². The lowest BCUT2D eigenvalue weighted by molar-refractivity contribution is 0.0946. The first-order valence-electron chi connectivity index (χ1n) is 7.71. The summed E-state index contributed by atoms with van der Waals surface area (Å²) in [5, 5.41) is 4.24. The Morgan fingerprint density at radius 3 is 2.71 bits per heavy atom. The maximum absolute atomic E-state index is 12.3. The van der Waals surface area contributed by atoms with E-state index in [1.807, 2.05) is 33.3 Å². The van der Waals surface area contributed by atoms with Gasteiger partial charge in [-0.15, -0.1) is 11.3 Å². The lowest BCUT2D eigenvalue weighted by atomic mass is 10.0. The second-order valence-corrected chi connectivity index (χ2v) is 7.72. The van der Waals surface area contributed by atoms with Crippen LogP contribution in [0.1, 0.15) is 21.3 Å². The van der Waals surface area contributed by atoms with Crippen LogP contribution in [0, 0.1) is 0 Å². The number of thiophene rings is 1. The van der Waals surface area contributed by atoms with Gasteiger partial charge in [-0.05, 0) is 37.9 Å². The van der Waals surface area contributed by atoms with Gasteiger partial charge in [0.25, 0.3) is 5.91 Å². The van der Waals surface area contributed by atoms with Crippen molar-refractivity contribution in [1.82, 2.24) is 14.8 Å². The Bertz CT molecular complexity index is 868. The van der Waals surface area contributed by atoms with Crippen molar-refractivity contribution in [2.24, 2.45) is 7.05 Å². The average molecular weight is 362 g/mol. The van der Waals surface area contributed by atoms with Gasteiger partial charge in [0.15, 0.2) is 0 Å². The molecule has 0 saturated carbocycles. The Hall–Kier alpha value is -1.82. The molecule has 6 heteroatoms. The number of amides is 1. The fourth-order valence-corrected chi connectivity index (χ4v) is 3.88. The van der Waals surface area contributed by atoms with E-state index >= 15 is 0 Å². The van der Waals surface area contributed by atoms with E-state index in [2.05, 4.69) is 33.1 Å². The van der Waals surface area contributed by atoms with Gasteiger partial charge in [-0.3, -0.25) is 4.79 Å². The second-order valence-electron chi connectivity index (χ2n) is 6.01. The molecule has 2 aromatic heterocycles. The predicted octanol–water partition coefficient (Wildman–Crippen LogP) is 3.93. The van der Waals surface area contributed by atoms with Gasteiger partial charge in [-0.2, -0.15) is 0 Å². The second kappa shape index (κ2) is 6.97. The number of rotatable bonds is 5. The molecule has 3 aromatic rings. The molecule has 0 unspecified atom stereocenters. The van der Waals surface area contributed by atoms with Crippen molar-refractivity contribution in [2.45, 2.75) is 6.04 Å². The number of aryl methyl sites for hydroxylation is 1. The monoisotopic (exact) mass is 361 g/mol. The van der Waals surface area contributed by atoms with E-state index in [0.29, 0.717) is 15.8 Å². The zero-order valence-corrected chi connectivity index (χ0v) is 15.5. The Kier molecular flexibility index (Phi) is 4.94. The van der Waals surface area contributed by atoms with E-state index in [1.54, 1.807) is 12.1 Å². The molecule has 0 aliphatic carbocycles. The quantitative estimate of drug-likeness (QED) is 0.747. The molecule has 1 amide bonds. The van der Waals surface area contributed by atoms with Crippen LogP contribution in [0.15, 0.2) is 42.6 Å². The first-order valence-corrected chi connectivity index (χ1v) is 8.90. The maximum Gasteiger partial charge on any atom is 0.261 e. The molecular formula is C18H20ClN3OS. The van der Waals surface area contributed by atoms with Gasteiger partial charge >= 0.3 is 0 Å². The summed E-state index contributed by atoms with van der Waals surface area (Å²) in [7, 11) is 6.10. The number of carbonyl (C=O) groups excluding carboxylic acids is 1. The van der Waals surface area contributed by atoms with E-state index in [4.69, 9.17) is 11.6 Å². The molecule has 0 aliphatic heterocycles. The van der Waals surface area contributed by atoms with Crippen LogP contribution in [0.25, 0.3) is 10.9 Å². The zero-order valence-electron chi connectivity index (χ0n) is 13.9. The van der Waals surface area contributed by atoms with Crippen LogP contribution in [-0.2, 0) is 7.05 Å². The largest absolute Gasteiger partial charge is 0.350 e. The first kappa shape index (κ1) is 17.0. The summed E-state index contributed by atoms with van der Waals surface area (Å²) in [6.45, 7) is 0.537. The Balaban J connectivity index is 1.83. The Morgan fingerprint density at radius 1 is 1.29 bits per heavy atom. The van der Waals surface area contributed by atoms with E-state index in [1.165, 1.54) is 27.8 Å². The number of hydrogen-bond donors (Lipinski definition) is 1. The molecular weight excluding hydrogens is 342 g/mol. The fourth-order valence-electron chi connectivity index (χ4n) is 2.92. The van der Waals surface area contributed by atoms with Crippen LogP contribution in [0.3, 0.4) is 0 Å². The molecule has 1 N–H and O–H groups in total. The van der Waals surface area contributed by atoms with Crippen molar-refractivity contribution in [3.05, 3.63) is 57.4 Å². The Labute approximate surface area is 150 Å². The molecule has 4 nitrogen and oxygen atoms in total. The normalized spacial score (nSPS) is 12.7. The summed E-state index contributed by atoms with van der Waals surface area (Å²) in [5.41, 5.74) is 2.40. The highest BCUT2D eigenvalue weighted by Crippen LogP contribution is 2.28. The number of halogens is 1. The lowest BCUT2D eigenvalue weighted by Gasteiger charge is -2.24. The highest BCUT2D eigenvalue weighted by molar-refractivity contribution is 7.17. The van der Waals surface area contributed by atoms with Crippen molar-refractivity contribution in [1.29, 1.82) is 0 Å². The van der Waals surface area contributed by atoms with Crippen molar-refractivity contribution < 1.29 is 4.79 Å². The molecule has 1 aromatic carbocycles. The van der Waals surface area contributed by atoms with Crippen LogP contribution < -0.4 is 5.32 Å². The third kappa shape index (κ3) is 3.34. The molecule has 0 radical (unpaired) electrons. The Morgan fingerprint density at radius 2 is 2.04 bits per heavy atom. The van der Waals surface area contributed by atoms with E-state index in [-0.39, 0.29) is 11.9 Å². The topological polar surface area (TPSA) is 37.3 Å². The van der Waals surface area contributed by atoms with E-state index < -0.39 is 0 Å². The molecule has 0 fully saturated rings. The maximum atomic E-state index is 12.3. The van der Waals surface area contributed by atoms with Crippen LogP contribution in [0.5, 0.6) is 0 Å².